The number of morpholine rings is 1. The summed E-state index contributed by atoms with van der Waals surface area (Å²) in [5.41, 5.74) is 0.649. The fourth-order valence-electron chi connectivity index (χ4n) is 2.39. The SMILES string of the molecule is COc1cccc(OC)c1CC(=O)N1CCO[C@H](C(=O)O)C1. The average Bonchev–Trinajstić information content (AvgIpc) is 2.55. The van der Waals surface area contributed by atoms with Gasteiger partial charge in [-0.05, 0) is 12.1 Å². The molecule has 7 nitrogen and oxygen atoms in total. The molecule has 7 heteroatoms. The van der Waals surface area contributed by atoms with Crippen LogP contribution in [0.3, 0.4) is 0 Å². The monoisotopic (exact) mass is 309 g/mol. The van der Waals surface area contributed by atoms with Gasteiger partial charge in [0.25, 0.3) is 0 Å². The molecule has 0 radical (unpaired) electrons. The summed E-state index contributed by atoms with van der Waals surface area (Å²) in [6, 6.07) is 5.29. The van der Waals surface area contributed by atoms with Crippen LogP contribution in [0.25, 0.3) is 0 Å². The Labute approximate surface area is 128 Å². The first kappa shape index (κ1) is 16.1. The van der Waals surface area contributed by atoms with Gasteiger partial charge in [0.2, 0.25) is 5.91 Å². The molecule has 1 atom stereocenters. The zero-order valence-electron chi connectivity index (χ0n) is 12.6. The average molecular weight is 309 g/mol. The highest BCUT2D eigenvalue weighted by Gasteiger charge is 2.29. The lowest BCUT2D eigenvalue weighted by molar-refractivity contribution is -0.159. The molecule has 1 heterocycles. The van der Waals surface area contributed by atoms with Crippen LogP contribution in [0.2, 0.25) is 0 Å². The number of carbonyl (C=O) groups excluding carboxylic acids is 1. The first-order chi connectivity index (χ1) is 10.6. The number of hydrogen-bond acceptors (Lipinski definition) is 5. The first-order valence-electron chi connectivity index (χ1n) is 6.89. The number of amides is 1. The number of carboxylic acid groups (broad SMARTS) is 1. The minimum absolute atomic E-state index is 0.0473. The van der Waals surface area contributed by atoms with Crippen LogP contribution >= 0.6 is 0 Å². The third-order valence-corrected chi connectivity index (χ3v) is 3.55. The fraction of sp³-hybridized carbons (Fsp3) is 0.467. The Balaban J connectivity index is 2.13. The van der Waals surface area contributed by atoms with Crippen molar-refractivity contribution in [2.75, 3.05) is 33.9 Å². The number of rotatable bonds is 5. The van der Waals surface area contributed by atoms with Crippen molar-refractivity contribution in [3.8, 4) is 11.5 Å². The molecule has 1 fully saturated rings. The summed E-state index contributed by atoms with van der Waals surface area (Å²) in [5, 5.41) is 8.99. The Morgan fingerprint density at radius 3 is 2.50 bits per heavy atom. The van der Waals surface area contributed by atoms with Crippen molar-refractivity contribution in [1.82, 2.24) is 4.90 Å². The van der Waals surface area contributed by atoms with Crippen molar-refractivity contribution in [3.63, 3.8) is 0 Å². The van der Waals surface area contributed by atoms with Crippen LogP contribution in [-0.2, 0) is 20.7 Å². The summed E-state index contributed by atoms with van der Waals surface area (Å²) in [5.74, 6) is -0.115. The molecule has 1 saturated heterocycles. The minimum atomic E-state index is -1.06. The minimum Gasteiger partial charge on any atom is -0.496 e. The van der Waals surface area contributed by atoms with E-state index >= 15 is 0 Å². The molecule has 22 heavy (non-hydrogen) atoms. The highest BCUT2D eigenvalue weighted by Crippen LogP contribution is 2.29. The predicted molar refractivity (Wildman–Crippen MR) is 77.2 cm³/mol. The van der Waals surface area contributed by atoms with Gasteiger partial charge in [-0.1, -0.05) is 6.07 Å². The molecular weight excluding hydrogens is 290 g/mol. The van der Waals surface area contributed by atoms with E-state index in [1.54, 1.807) is 18.2 Å². The molecule has 1 aliphatic heterocycles. The van der Waals surface area contributed by atoms with Crippen molar-refractivity contribution in [3.05, 3.63) is 23.8 Å². The summed E-state index contributed by atoms with van der Waals surface area (Å²) in [7, 11) is 3.05. The number of aliphatic carboxylic acids is 1. The maximum atomic E-state index is 12.4. The molecule has 1 aromatic rings. The summed E-state index contributed by atoms with van der Waals surface area (Å²) in [6.45, 7) is 0.636. The molecule has 0 aromatic heterocycles. The number of carboxylic acids is 1. The quantitative estimate of drug-likeness (QED) is 0.855. The van der Waals surface area contributed by atoms with Crippen molar-refractivity contribution >= 4 is 11.9 Å². The van der Waals surface area contributed by atoms with Crippen molar-refractivity contribution in [2.45, 2.75) is 12.5 Å². The second kappa shape index (κ2) is 7.13. The third-order valence-electron chi connectivity index (χ3n) is 3.55. The van der Waals surface area contributed by atoms with E-state index in [0.717, 1.165) is 0 Å². The number of ether oxygens (including phenoxy) is 3. The topological polar surface area (TPSA) is 85.3 Å². The number of benzene rings is 1. The molecule has 1 amide bonds. The van der Waals surface area contributed by atoms with E-state index in [1.807, 2.05) is 0 Å². The lowest BCUT2D eigenvalue weighted by Crippen LogP contribution is -2.49. The van der Waals surface area contributed by atoms with E-state index in [1.165, 1.54) is 19.1 Å². The zero-order valence-corrected chi connectivity index (χ0v) is 12.6. The molecule has 0 saturated carbocycles. The normalized spacial score (nSPS) is 17.9. The summed E-state index contributed by atoms with van der Waals surface area (Å²) in [6.07, 6.45) is -0.892. The van der Waals surface area contributed by atoms with Gasteiger partial charge in [0.15, 0.2) is 6.10 Å². The largest absolute Gasteiger partial charge is 0.496 e. The number of carbonyl (C=O) groups is 2. The molecule has 1 aromatic carbocycles. The Bertz CT molecular complexity index is 537. The van der Waals surface area contributed by atoms with E-state index in [0.29, 0.717) is 23.6 Å². The fourth-order valence-corrected chi connectivity index (χ4v) is 2.39. The molecule has 120 valence electrons. The van der Waals surface area contributed by atoms with Gasteiger partial charge in [-0.2, -0.15) is 0 Å². The van der Waals surface area contributed by atoms with Crippen molar-refractivity contribution in [1.29, 1.82) is 0 Å². The van der Waals surface area contributed by atoms with E-state index < -0.39 is 12.1 Å². The lowest BCUT2D eigenvalue weighted by atomic mass is 10.1. The van der Waals surface area contributed by atoms with Gasteiger partial charge in [0.05, 0.1) is 33.8 Å². The van der Waals surface area contributed by atoms with Crippen LogP contribution in [0, 0.1) is 0 Å². The maximum absolute atomic E-state index is 12.4. The molecule has 0 unspecified atom stereocenters. The second-order valence-electron chi connectivity index (χ2n) is 4.86. The Kier molecular flexibility index (Phi) is 5.21. The Morgan fingerprint density at radius 1 is 1.32 bits per heavy atom. The second-order valence-corrected chi connectivity index (χ2v) is 4.86. The Hall–Kier alpha value is -2.28. The van der Waals surface area contributed by atoms with Gasteiger partial charge in [-0.3, -0.25) is 4.79 Å². The highest BCUT2D eigenvalue weighted by molar-refractivity contribution is 5.82. The van der Waals surface area contributed by atoms with Crippen LogP contribution in [0.5, 0.6) is 11.5 Å². The van der Waals surface area contributed by atoms with E-state index in [2.05, 4.69) is 0 Å². The standard InChI is InChI=1S/C15H19NO6/c1-20-11-4-3-5-12(21-2)10(11)8-14(17)16-6-7-22-13(9-16)15(18)19/h3-5,13H,6-9H2,1-2H3,(H,18,19)/t13-/m0/s1. The molecule has 0 spiro atoms. The molecule has 1 aliphatic rings. The van der Waals surface area contributed by atoms with E-state index in [4.69, 9.17) is 19.3 Å². The van der Waals surface area contributed by atoms with E-state index in [-0.39, 0.29) is 25.5 Å². The smallest absolute Gasteiger partial charge is 0.334 e. The predicted octanol–water partition coefficient (Wildman–Crippen LogP) is 0.558. The summed E-state index contributed by atoms with van der Waals surface area (Å²) in [4.78, 5) is 24.9. The van der Waals surface area contributed by atoms with Crippen LogP contribution in [0.4, 0.5) is 0 Å². The van der Waals surface area contributed by atoms with Crippen LogP contribution in [0.15, 0.2) is 18.2 Å². The summed E-state index contributed by atoms with van der Waals surface area (Å²) >= 11 is 0. The van der Waals surface area contributed by atoms with Crippen molar-refractivity contribution < 1.29 is 28.9 Å². The number of methoxy groups -OCH3 is 2. The van der Waals surface area contributed by atoms with E-state index in [9.17, 15) is 9.59 Å². The van der Waals surface area contributed by atoms with Crippen molar-refractivity contribution in [2.24, 2.45) is 0 Å². The molecular formula is C15H19NO6. The third kappa shape index (κ3) is 3.48. The lowest BCUT2D eigenvalue weighted by Gasteiger charge is -2.31. The van der Waals surface area contributed by atoms with Gasteiger partial charge < -0.3 is 24.2 Å². The molecule has 0 aliphatic carbocycles. The molecule has 1 N–H and O–H groups in total. The maximum Gasteiger partial charge on any atom is 0.334 e. The Morgan fingerprint density at radius 2 is 1.95 bits per heavy atom. The highest BCUT2D eigenvalue weighted by atomic mass is 16.5. The van der Waals surface area contributed by atoms with Crippen LogP contribution in [0.1, 0.15) is 5.56 Å². The zero-order chi connectivity index (χ0) is 16.1. The van der Waals surface area contributed by atoms with Gasteiger partial charge >= 0.3 is 5.97 Å². The van der Waals surface area contributed by atoms with Gasteiger partial charge in [0, 0.05) is 12.1 Å². The van der Waals surface area contributed by atoms with Gasteiger partial charge in [-0.25, -0.2) is 4.79 Å². The number of hydrogen-bond donors (Lipinski definition) is 1. The van der Waals surface area contributed by atoms with Gasteiger partial charge in [-0.15, -0.1) is 0 Å². The summed E-state index contributed by atoms with van der Waals surface area (Å²) < 4.78 is 15.6. The number of nitrogens with zero attached hydrogens (tertiary/aromatic N) is 1. The van der Waals surface area contributed by atoms with Gasteiger partial charge in [0.1, 0.15) is 11.5 Å². The van der Waals surface area contributed by atoms with Crippen LogP contribution in [-0.4, -0.2) is 61.9 Å². The molecule has 0 bridgehead atoms. The molecule has 2 rings (SSSR count). The first-order valence-corrected chi connectivity index (χ1v) is 6.89. The van der Waals surface area contributed by atoms with Crippen LogP contribution < -0.4 is 9.47 Å².